The Morgan fingerprint density at radius 2 is 2.00 bits per heavy atom. The van der Waals surface area contributed by atoms with E-state index in [1.807, 2.05) is 4.90 Å². The standard InChI is InChI=1S/C12H24N2O.ClH/c1-12(2,3)8-11(15)14-7-5-4-6-10(14)9-13;/h10H,4-9,13H2,1-3H3;1H. The maximum absolute atomic E-state index is 12.1. The van der Waals surface area contributed by atoms with E-state index >= 15 is 0 Å². The largest absolute Gasteiger partial charge is 0.338 e. The lowest BCUT2D eigenvalue weighted by atomic mass is 9.90. The van der Waals surface area contributed by atoms with Crippen molar-refractivity contribution >= 4 is 18.3 Å². The van der Waals surface area contributed by atoms with Crippen molar-refractivity contribution in [2.24, 2.45) is 11.1 Å². The molecule has 0 radical (unpaired) electrons. The summed E-state index contributed by atoms with van der Waals surface area (Å²) in [7, 11) is 0. The molecule has 1 aliphatic heterocycles. The first kappa shape index (κ1) is 15.7. The fourth-order valence-electron chi connectivity index (χ4n) is 2.13. The van der Waals surface area contributed by atoms with Crippen LogP contribution in [0.25, 0.3) is 0 Å². The molecule has 2 N–H and O–H groups in total. The van der Waals surface area contributed by atoms with Crippen LogP contribution < -0.4 is 5.73 Å². The SMILES string of the molecule is CC(C)(C)CC(=O)N1CCCCC1CN.Cl. The number of carbonyl (C=O) groups is 1. The summed E-state index contributed by atoms with van der Waals surface area (Å²) in [4.78, 5) is 14.0. The summed E-state index contributed by atoms with van der Waals surface area (Å²) in [5.74, 6) is 0.276. The number of rotatable bonds is 2. The second-order valence-corrected chi connectivity index (χ2v) is 5.71. The lowest BCUT2D eigenvalue weighted by Crippen LogP contribution is -2.48. The zero-order valence-corrected chi connectivity index (χ0v) is 11.5. The van der Waals surface area contributed by atoms with E-state index in [2.05, 4.69) is 20.8 Å². The van der Waals surface area contributed by atoms with E-state index in [1.165, 1.54) is 6.42 Å². The third-order valence-electron chi connectivity index (χ3n) is 2.90. The quantitative estimate of drug-likeness (QED) is 0.814. The van der Waals surface area contributed by atoms with Crippen LogP contribution in [0.2, 0.25) is 0 Å². The molecule has 0 aromatic rings. The molecule has 1 heterocycles. The fourth-order valence-corrected chi connectivity index (χ4v) is 2.13. The Morgan fingerprint density at radius 1 is 1.38 bits per heavy atom. The van der Waals surface area contributed by atoms with Crippen LogP contribution in [-0.4, -0.2) is 29.9 Å². The first-order chi connectivity index (χ1) is 6.94. The lowest BCUT2D eigenvalue weighted by Gasteiger charge is -2.36. The second-order valence-electron chi connectivity index (χ2n) is 5.71. The highest BCUT2D eigenvalue weighted by Crippen LogP contribution is 2.23. The lowest BCUT2D eigenvalue weighted by molar-refractivity contribution is -0.136. The summed E-state index contributed by atoms with van der Waals surface area (Å²) in [5, 5.41) is 0. The maximum atomic E-state index is 12.1. The highest BCUT2D eigenvalue weighted by atomic mass is 35.5. The Hall–Kier alpha value is -0.280. The summed E-state index contributed by atoms with van der Waals surface area (Å²) in [6, 6.07) is 0.286. The molecule has 0 aromatic carbocycles. The van der Waals surface area contributed by atoms with Gasteiger partial charge in [-0.1, -0.05) is 20.8 Å². The highest BCUT2D eigenvalue weighted by Gasteiger charge is 2.28. The van der Waals surface area contributed by atoms with Crippen molar-refractivity contribution in [3.8, 4) is 0 Å². The van der Waals surface area contributed by atoms with Crippen molar-refractivity contribution < 1.29 is 4.79 Å². The number of amides is 1. The van der Waals surface area contributed by atoms with Crippen LogP contribution in [0.4, 0.5) is 0 Å². The molecule has 96 valence electrons. The van der Waals surface area contributed by atoms with E-state index in [0.717, 1.165) is 19.4 Å². The Morgan fingerprint density at radius 3 is 2.50 bits per heavy atom. The zero-order chi connectivity index (χ0) is 11.5. The van der Waals surface area contributed by atoms with Gasteiger partial charge >= 0.3 is 0 Å². The number of hydrogen-bond donors (Lipinski definition) is 1. The normalized spacial score (nSPS) is 21.5. The number of likely N-dealkylation sites (tertiary alicyclic amines) is 1. The van der Waals surface area contributed by atoms with E-state index in [0.29, 0.717) is 13.0 Å². The average molecular weight is 249 g/mol. The Bertz CT molecular complexity index is 226. The van der Waals surface area contributed by atoms with E-state index in [9.17, 15) is 4.79 Å². The summed E-state index contributed by atoms with van der Waals surface area (Å²) in [6.07, 6.45) is 4.05. The zero-order valence-electron chi connectivity index (χ0n) is 10.7. The van der Waals surface area contributed by atoms with Gasteiger partial charge < -0.3 is 10.6 Å². The molecule has 0 aromatic heterocycles. The van der Waals surface area contributed by atoms with Crippen LogP contribution in [0.1, 0.15) is 46.5 Å². The molecule has 1 atom stereocenters. The highest BCUT2D eigenvalue weighted by molar-refractivity contribution is 5.85. The van der Waals surface area contributed by atoms with Crippen LogP contribution in [0.15, 0.2) is 0 Å². The number of nitrogens with two attached hydrogens (primary N) is 1. The molecule has 1 amide bonds. The van der Waals surface area contributed by atoms with E-state index in [-0.39, 0.29) is 29.8 Å². The number of nitrogens with zero attached hydrogens (tertiary/aromatic N) is 1. The summed E-state index contributed by atoms with van der Waals surface area (Å²) in [6.45, 7) is 7.82. The second kappa shape index (κ2) is 6.45. The minimum absolute atomic E-state index is 0. The van der Waals surface area contributed by atoms with Gasteiger partial charge in [0.2, 0.25) is 5.91 Å². The summed E-state index contributed by atoms with van der Waals surface area (Å²) < 4.78 is 0. The first-order valence-electron chi connectivity index (χ1n) is 5.93. The van der Waals surface area contributed by atoms with Gasteiger partial charge in [-0.3, -0.25) is 4.79 Å². The van der Waals surface area contributed by atoms with E-state index in [4.69, 9.17) is 5.73 Å². The van der Waals surface area contributed by atoms with E-state index < -0.39 is 0 Å². The third kappa shape index (κ3) is 4.71. The van der Waals surface area contributed by atoms with Crippen LogP contribution in [0.3, 0.4) is 0 Å². The van der Waals surface area contributed by atoms with Gasteiger partial charge in [-0.2, -0.15) is 0 Å². The van der Waals surface area contributed by atoms with Crippen molar-refractivity contribution in [3.63, 3.8) is 0 Å². The molecular weight excluding hydrogens is 224 g/mol. The molecule has 0 aliphatic carbocycles. The van der Waals surface area contributed by atoms with Gasteiger partial charge in [-0.05, 0) is 24.7 Å². The number of halogens is 1. The van der Waals surface area contributed by atoms with Gasteiger partial charge in [-0.25, -0.2) is 0 Å². The number of carbonyl (C=O) groups excluding carboxylic acids is 1. The Kier molecular flexibility index (Phi) is 6.34. The van der Waals surface area contributed by atoms with Crippen molar-refractivity contribution in [2.75, 3.05) is 13.1 Å². The Balaban J connectivity index is 0.00000225. The van der Waals surface area contributed by atoms with Crippen LogP contribution in [-0.2, 0) is 4.79 Å². The Labute approximate surface area is 105 Å². The minimum atomic E-state index is 0. The topological polar surface area (TPSA) is 46.3 Å². The van der Waals surface area contributed by atoms with Gasteiger partial charge in [-0.15, -0.1) is 12.4 Å². The molecule has 0 spiro atoms. The summed E-state index contributed by atoms with van der Waals surface area (Å²) in [5.41, 5.74) is 5.78. The van der Waals surface area contributed by atoms with Crippen LogP contribution >= 0.6 is 12.4 Å². The number of hydrogen-bond acceptors (Lipinski definition) is 2. The van der Waals surface area contributed by atoms with Gasteiger partial charge in [0, 0.05) is 25.6 Å². The predicted octanol–water partition coefficient (Wildman–Crippen LogP) is 2.18. The molecule has 1 fully saturated rings. The molecule has 1 saturated heterocycles. The molecule has 0 saturated carbocycles. The molecule has 16 heavy (non-hydrogen) atoms. The monoisotopic (exact) mass is 248 g/mol. The molecule has 1 aliphatic rings. The van der Waals surface area contributed by atoms with Crippen LogP contribution in [0, 0.1) is 5.41 Å². The fraction of sp³-hybridized carbons (Fsp3) is 0.917. The van der Waals surface area contributed by atoms with E-state index in [1.54, 1.807) is 0 Å². The minimum Gasteiger partial charge on any atom is -0.338 e. The first-order valence-corrected chi connectivity index (χ1v) is 5.93. The average Bonchev–Trinajstić information content (AvgIpc) is 2.15. The smallest absolute Gasteiger partial charge is 0.223 e. The number of piperidine rings is 1. The maximum Gasteiger partial charge on any atom is 0.223 e. The van der Waals surface area contributed by atoms with Crippen molar-refractivity contribution in [2.45, 2.75) is 52.5 Å². The molecule has 3 nitrogen and oxygen atoms in total. The third-order valence-corrected chi connectivity index (χ3v) is 2.90. The predicted molar refractivity (Wildman–Crippen MR) is 69.7 cm³/mol. The summed E-state index contributed by atoms with van der Waals surface area (Å²) >= 11 is 0. The molecular formula is C12H25ClN2O. The molecule has 1 rings (SSSR count). The van der Waals surface area contributed by atoms with Crippen LogP contribution in [0.5, 0.6) is 0 Å². The van der Waals surface area contributed by atoms with Gasteiger partial charge in [0.05, 0.1) is 0 Å². The van der Waals surface area contributed by atoms with Crippen molar-refractivity contribution in [3.05, 3.63) is 0 Å². The van der Waals surface area contributed by atoms with Gasteiger partial charge in [0.1, 0.15) is 0 Å². The molecule has 0 bridgehead atoms. The van der Waals surface area contributed by atoms with Crippen molar-refractivity contribution in [1.29, 1.82) is 0 Å². The molecule has 4 heteroatoms. The molecule has 1 unspecified atom stereocenters. The van der Waals surface area contributed by atoms with Crippen molar-refractivity contribution in [1.82, 2.24) is 4.90 Å². The van der Waals surface area contributed by atoms with Gasteiger partial charge in [0.25, 0.3) is 0 Å². The van der Waals surface area contributed by atoms with Gasteiger partial charge in [0.15, 0.2) is 0 Å².